The van der Waals surface area contributed by atoms with Crippen LogP contribution in [0.5, 0.6) is 0 Å². The van der Waals surface area contributed by atoms with Crippen LogP contribution in [0.3, 0.4) is 0 Å². The number of rotatable bonds is 2. The molecule has 0 aliphatic heterocycles. The minimum Gasteiger partial charge on any atom is -0.343 e. The summed E-state index contributed by atoms with van der Waals surface area (Å²) in [6.45, 7) is 6.38. The summed E-state index contributed by atoms with van der Waals surface area (Å²) in [5.74, 6) is 0.429. The van der Waals surface area contributed by atoms with Crippen molar-refractivity contribution in [2.75, 3.05) is 0 Å². The largest absolute Gasteiger partial charge is 0.343 e. The number of thiophene rings is 1. The minimum atomic E-state index is 0.105. The van der Waals surface area contributed by atoms with Gasteiger partial charge in [0, 0.05) is 18.5 Å². The lowest BCUT2D eigenvalue weighted by Gasteiger charge is -2.14. The fourth-order valence-corrected chi connectivity index (χ4v) is 3.66. The Morgan fingerprint density at radius 1 is 1.14 bits per heavy atom. The average Bonchev–Trinajstić information content (AvgIpc) is 2.88. The Bertz CT molecular complexity index is 871. The lowest BCUT2D eigenvalue weighted by atomic mass is 10.0. The molecule has 0 aliphatic rings. The van der Waals surface area contributed by atoms with E-state index in [0.717, 1.165) is 16.6 Å². The van der Waals surface area contributed by atoms with Crippen LogP contribution in [0.25, 0.3) is 21.5 Å². The smallest absolute Gasteiger partial charge is 0.190 e. The maximum atomic E-state index is 12.5. The second-order valence-electron chi connectivity index (χ2n) is 5.82. The van der Waals surface area contributed by atoms with Gasteiger partial charge in [0.2, 0.25) is 0 Å². The van der Waals surface area contributed by atoms with Crippen molar-refractivity contribution in [3.8, 4) is 10.6 Å². The summed E-state index contributed by atoms with van der Waals surface area (Å²) in [7, 11) is 2.03. The van der Waals surface area contributed by atoms with Gasteiger partial charge in [-0.1, -0.05) is 19.9 Å². The van der Waals surface area contributed by atoms with Gasteiger partial charge in [-0.2, -0.15) is 0 Å². The van der Waals surface area contributed by atoms with E-state index in [1.54, 1.807) is 17.4 Å². The molecule has 0 amide bonds. The van der Waals surface area contributed by atoms with Crippen LogP contribution >= 0.6 is 11.3 Å². The van der Waals surface area contributed by atoms with Crippen LogP contribution in [0.15, 0.2) is 40.5 Å². The third kappa shape index (κ3) is 2.32. The number of aryl methyl sites for hydroxylation is 2. The molecule has 0 spiro atoms. The molecule has 108 valence electrons. The van der Waals surface area contributed by atoms with Crippen molar-refractivity contribution in [2.45, 2.75) is 26.7 Å². The molecule has 1 aromatic carbocycles. The molecule has 0 unspecified atom stereocenters. The topological polar surface area (TPSA) is 22.0 Å². The monoisotopic (exact) mass is 297 g/mol. The highest BCUT2D eigenvalue weighted by Crippen LogP contribution is 2.30. The second-order valence-corrected chi connectivity index (χ2v) is 6.73. The molecule has 0 N–H and O–H groups in total. The molecule has 0 saturated heterocycles. The lowest BCUT2D eigenvalue weighted by molar-refractivity contribution is 0.867. The summed E-state index contributed by atoms with van der Waals surface area (Å²) in [4.78, 5) is 13.7. The van der Waals surface area contributed by atoms with Gasteiger partial charge in [0.1, 0.15) is 0 Å². The number of nitrogens with zero attached hydrogens (tertiary/aromatic N) is 1. The molecule has 0 saturated carbocycles. The van der Waals surface area contributed by atoms with Gasteiger partial charge in [0.15, 0.2) is 5.43 Å². The Morgan fingerprint density at radius 2 is 1.90 bits per heavy atom. The molecule has 0 aliphatic carbocycles. The molecule has 0 radical (unpaired) electrons. The zero-order valence-electron chi connectivity index (χ0n) is 12.8. The molecule has 0 bridgehead atoms. The molecule has 2 heterocycles. The van der Waals surface area contributed by atoms with E-state index in [2.05, 4.69) is 48.9 Å². The number of hydrogen-bond acceptors (Lipinski definition) is 2. The van der Waals surface area contributed by atoms with Crippen LogP contribution in [-0.4, -0.2) is 4.57 Å². The van der Waals surface area contributed by atoms with E-state index in [4.69, 9.17) is 0 Å². The van der Waals surface area contributed by atoms with Crippen molar-refractivity contribution < 1.29 is 0 Å². The Morgan fingerprint density at radius 3 is 2.52 bits per heavy atom. The normalized spacial score (nSPS) is 11.5. The van der Waals surface area contributed by atoms with E-state index in [0.29, 0.717) is 5.92 Å². The van der Waals surface area contributed by atoms with E-state index in [9.17, 15) is 4.79 Å². The summed E-state index contributed by atoms with van der Waals surface area (Å²) in [6.07, 6.45) is 0. The lowest BCUT2D eigenvalue weighted by Crippen LogP contribution is -2.09. The van der Waals surface area contributed by atoms with Crippen molar-refractivity contribution in [2.24, 2.45) is 7.05 Å². The van der Waals surface area contributed by atoms with Gasteiger partial charge in [-0.25, -0.2) is 0 Å². The van der Waals surface area contributed by atoms with Crippen molar-refractivity contribution in [3.63, 3.8) is 0 Å². The van der Waals surface area contributed by atoms with Gasteiger partial charge in [-0.3, -0.25) is 4.79 Å². The van der Waals surface area contributed by atoms with Gasteiger partial charge < -0.3 is 4.57 Å². The van der Waals surface area contributed by atoms with Gasteiger partial charge in [-0.05, 0) is 47.5 Å². The predicted molar refractivity (Wildman–Crippen MR) is 91.3 cm³/mol. The number of benzene rings is 1. The fraction of sp³-hybridized carbons (Fsp3) is 0.278. The SMILES string of the molecule is Cc1ccsc1-c1cc(=O)c2cc(C(C)C)ccc2n1C. The average molecular weight is 297 g/mol. The van der Waals surface area contributed by atoms with Crippen LogP contribution in [-0.2, 0) is 7.05 Å². The first-order valence-electron chi connectivity index (χ1n) is 7.17. The fourth-order valence-electron chi connectivity index (χ4n) is 2.68. The van der Waals surface area contributed by atoms with Crippen molar-refractivity contribution >= 4 is 22.2 Å². The van der Waals surface area contributed by atoms with E-state index < -0.39 is 0 Å². The second kappa shape index (κ2) is 5.15. The minimum absolute atomic E-state index is 0.105. The summed E-state index contributed by atoms with van der Waals surface area (Å²) < 4.78 is 2.12. The summed E-state index contributed by atoms with van der Waals surface area (Å²) in [5.41, 5.74) is 4.52. The van der Waals surface area contributed by atoms with Gasteiger partial charge in [-0.15, -0.1) is 11.3 Å². The predicted octanol–water partition coefficient (Wildman–Crippen LogP) is 4.70. The standard InChI is InChI=1S/C18H19NOS/c1-11(2)13-5-6-15-14(9-13)17(20)10-16(19(15)4)18-12(3)7-8-21-18/h5-11H,1-4H3. The van der Waals surface area contributed by atoms with Gasteiger partial charge in [0.05, 0.1) is 16.1 Å². The zero-order valence-corrected chi connectivity index (χ0v) is 13.6. The van der Waals surface area contributed by atoms with Crippen LogP contribution < -0.4 is 5.43 Å². The van der Waals surface area contributed by atoms with Gasteiger partial charge >= 0.3 is 0 Å². The molecular formula is C18H19NOS. The Hall–Kier alpha value is -1.87. The van der Waals surface area contributed by atoms with Crippen LogP contribution in [0.1, 0.15) is 30.9 Å². The highest BCUT2D eigenvalue weighted by molar-refractivity contribution is 7.13. The van der Waals surface area contributed by atoms with E-state index in [1.165, 1.54) is 16.0 Å². The molecule has 2 nitrogen and oxygen atoms in total. The zero-order chi connectivity index (χ0) is 15.1. The maximum Gasteiger partial charge on any atom is 0.190 e. The molecule has 0 fully saturated rings. The summed E-state index contributed by atoms with van der Waals surface area (Å²) in [5, 5.41) is 2.88. The molecule has 0 atom stereocenters. The number of hydrogen-bond donors (Lipinski definition) is 0. The Balaban J connectivity index is 2.33. The Labute approximate surface area is 128 Å². The highest BCUT2D eigenvalue weighted by Gasteiger charge is 2.12. The highest BCUT2D eigenvalue weighted by atomic mass is 32.1. The first-order valence-corrected chi connectivity index (χ1v) is 8.05. The van der Waals surface area contributed by atoms with E-state index in [-0.39, 0.29) is 5.43 Å². The summed E-state index contributed by atoms with van der Waals surface area (Å²) >= 11 is 1.68. The van der Waals surface area contributed by atoms with Crippen LogP contribution in [0, 0.1) is 6.92 Å². The van der Waals surface area contributed by atoms with Gasteiger partial charge in [0.25, 0.3) is 0 Å². The molecule has 3 aromatic rings. The molecule has 2 aromatic heterocycles. The number of fused-ring (bicyclic) bond motifs is 1. The molecule has 3 heteroatoms. The molecular weight excluding hydrogens is 278 g/mol. The third-order valence-electron chi connectivity index (χ3n) is 4.04. The van der Waals surface area contributed by atoms with Crippen LogP contribution in [0.4, 0.5) is 0 Å². The Kier molecular flexibility index (Phi) is 3.46. The molecule has 3 rings (SSSR count). The first kappa shape index (κ1) is 14.1. The maximum absolute atomic E-state index is 12.5. The van der Waals surface area contributed by atoms with Crippen LogP contribution in [0.2, 0.25) is 0 Å². The quantitative estimate of drug-likeness (QED) is 0.672. The van der Waals surface area contributed by atoms with Crippen molar-refractivity contribution in [1.82, 2.24) is 4.57 Å². The van der Waals surface area contributed by atoms with Crippen molar-refractivity contribution in [3.05, 3.63) is 57.1 Å². The van der Waals surface area contributed by atoms with E-state index in [1.807, 2.05) is 13.1 Å². The summed E-state index contributed by atoms with van der Waals surface area (Å²) in [6, 6.07) is 10.1. The first-order chi connectivity index (χ1) is 9.99. The number of pyridine rings is 1. The van der Waals surface area contributed by atoms with E-state index >= 15 is 0 Å². The van der Waals surface area contributed by atoms with Crippen molar-refractivity contribution in [1.29, 1.82) is 0 Å². The third-order valence-corrected chi connectivity index (χ3v) is 5.08. The molecule has 21 heavy (non-hydrogen) atoms. The number of aromatic nitrogens is 1.